The van der Waals surface area contributed by atoms with E-state index < -0.39 is 16.6 Å². The van der Waals surface area contributed by atoms with Gasteiger partial charge in [-0.3, -0.25) is 9.59 Å². The second-order valence-corrected chi connectivity index (χ2v) is 13.6. The van der Waals surface area contributed by atoms with Gasteiger partial charge in [0.15, 0.2) is 5.78 Å². The number of fused-ring (bicyclic) bond motifs is 4. The van der Waals surface area contributed by atoms with Crippen molar-refractivity contribution in [2.45, 2.75) is 118 Å². The van der Waals surface area contributed by atoms with Crippen molar-refractivity contribution >= 4 is 11.6 Å². The molecule has 0 saturated heterocycles. The van der Waals surface area contributed by atoms with E-state index in [-0.39, 0.29) is 28.3 Å². The van der Waals surface area contributed by atoms with Gasteiger partial charge >= 0.3 is 0 Å². The minimum atomic E-state index is -0.984. The molecule has 4 heteroatoms. The summed E-state index contributed by atoms with van der Waals surface area (Å²) in [5.41, 5.74) is 0.739. The van der Waals surface area contributed by atoms with Crippen LogP contribution < -0.4 is 0 Å². The first-order valence-electron chi connectivity index (χ1n) is 13.4. The molecule has 0 aliphatic heterocycles. The number of aliphatic hydroxyl groups is 2. The quantitative estimate of drug-likeness (QED) is 0.393. The van der Waals surface area contributed by atoms with Gasteiger partial charge in [-0.1, -0.05) is 45.8 Å². The van der Waals surface area contributed by atoms with Crippen LogP contribution in [0.3, 0.4) is 0 Å². The molecule has 6 atom stereocenters. The highest BCUT2D eigenvalue weighted by atomic mass is 16.3. The summed E-state index contributed by atoms with van der Waals surface area (Å²) in [6.07, 6.45) is 8.62. The lowest BCUT2D eigenvalue weighted by Gasteiger charge is -2.62. The van der Waals surface area contributed by atoms with Gasteiger partial charge in [0.25, 0.3) is 0 Å². The summed E-state index contributed by atoms with van der Waals surface area (Å²) in [5, 5.41) is 22.3. The van der Waals surface area contributed by atoms with Crippen molar-refractivity contribution in [2.75, 3.05) is 0 Å². The predicted octanol–water partition coefficient (Wildman–Crippen LogP) is 5.95. The topological polar surface area (TPSA) is 74.6 Å². The van der Waals surface area contributed by atoms with E-state index in [2.05, 4.69) is 20.8 Å². The van der Waals surface area contributed by atoms with Crippen LogP contribution in [0.1, 0.15) is 107 Å². The lowest BCUT2D eigenvalue weighted by atomic mass is 9.44. The first kappa shape index (κ1) is 25.8. The molecule has 4 nitrogen and oxygen atoms in total. The summed E-state index contributed by atoms with van der Waals surface area (Å²) < 4.78 is 0. The number of carbonyl (C=O) groups is 2. The molecule has 4 aliphatic carbocycles. The number of ketones is 2. The maximum Gasteiger partial charge on any atom is 0.158 e. The largest absolute Gasteiger partial charge is 0.388 e. The van der Waals surface area contributed by atoms with Crippen molar-refractivity contribution in [2.24, 2.45) is 34.0 Å². The Morgan fingerprint density at radius 1 is 1.06 bits per heavy atom. The summed E-state index contributed by atoms with van der Waals surface area (Å²) in [5.74, 6) is 1.03. The second kappa shape index (κ2) is 7.87. The van der Waals surface area contributed by atoms with Gasteiger partial charge in [0.2, 0.25) is 0 Å². The minimum absolute atomic E-state index is 0.0724. The smallest absolute Gasteiger partial charge is 0.158 e. The summed E-state index contributed by atoms with van der Waals surface area (Å²) in [6.45, 7) is 15.9. The first-order valence-corrected chi connectivity index (χ1v) is 13.4. The number of allylic oxidation sites excluding steroid dienone is 2. The van der Waals surface area contributed by atoms with Crippen LogP contribution in [0.15, 0.2) is 22.8 Å². The number of carbonyl (C=O) groups excluding carboxylic acids is 2. The van der Waals surface area contributed by atoms with Crippen LogP contribution in [0.2, 0.25) is 0 Å². The Balaban J connectivity index is 1.66. The Morgan fingerprint density at radius 3 is 2.32 bits per heavy atom. The molecule has 4 aliphatic rings. The van der Waals surface area contributed by atoms with Crippen LogP contribution in [0.5, 0.6) is 0 Å². The van der Waals surface area contributed by atoms with Crippen LogP contribution >= 0.6 is 0 Å². The van der Waals surface area contributed by atoms with E-state index >= 15 is 0 Å². The molecular weight excluding hydrogens is 424 g/mol. The average molecular weight is 471 g/mol. The minimum Gasteiger partial charge on any atom is -0.388 e. The van der Waals surface area contributed by atoms with Crippen molar-refractivity contribution in [1.82, 2.24) is 0 Å². The van der Waals surface area contributed by atoms with Crippen LogP contribution in [0, 0.1) is 34.0 Å². The van der Waals surface area contributed by atoms with Gasteiger partial charge in [-0.05, 0) is 94.6 Å². The highest BCUT2D eigenvalue weighted by Crippen LogP contribution is 2.68. The van der Waals surface area contributed by atoms with E-state index in [1.54, 1.807) is 19.9 Å². The van der Waals surface area contributed by atoms with Crippen molar-refractivity contribution < 1.29 is 19.8 Å². The fourth-order valence-electron chi connectivity index (χ4n) is 8.57. The SMILES string of the molecule is C/C(=C\C(=O)[C@H](C)[C@H]1CC[C@H]2C3=C(CC[C@]12C)[C@@]1(C)CCC(=O)C(C)(C)[C@]1(O)CC3)C(C)(C)O. The van der Waals surface area contributed by atoms with Gasteiger partial charge in [-0.2, -0.15) is 0 Å². The molecule has 0 spiro atoms. The molecule has 4 rings (SSSR count). The highest BCUT2D eigenvalue weighted by molar-refractivity contribution is 5.92. The van der Waals surface area contributed by atoms with Crippen LogP contribution in [0.4, 0.5) is 0 Å². The lowest BCUT2D eigenvalue weighted by Crippen LogP contribution is -2.65. The molecule has 0 aromatic rings. The van der Waals surface area contributed by atoms with E-state index in [0.717, 1.165) is 38.5 Å². The van der Waals surface area contributed by atoms with E-state index in [1.807, 2.05) is 20.8 Å². The fourth-order valence-corrected chi connectivity index (χ4v) is 8.57. The third-order valence-electron chi connectivity index (χ3n) is 11.4. The van der Waals surface area contributed by atoms with Gasteiger partial charge in [0, 0.05) is 17.8 Å². The van der Waals surface area contributed by atoms with Crippen LogP contribution in [0.25, 0.3) is 0 Å². The molecule has 0 radical (unpaired) electrons. The molecule has 0 bridgehead atoms. The van der Waals surface area contributed by atoms with E-state index in [9.17, 15) is 19.8 Å². The van der Waals surface area contributed by atoms with E-state index in [1.165, 1.54) is 11.1 Å². The molecule has 0 amide bonds. The zero-order chi connectivity index (χ0) is 25.5. The zero-order valence-electron chi connectivity index (χ0n) is 22.7. The monoisotopic (exact) mass is 470 g/mol. The Morgan fingerprint density at radius 2 is 1.71 bits per heavy atom. The third-order valence-corrected chi connectivity index (χ3v) is 11.4. The molecule has 190 valence electrons. The Bertz CT molecular complexity index is 963. The van der Waals surface area contributed by atoms with Crippen molar-refractivity contribution in [3.05, 3.63) is 22.8 Å². The summed E-state index contributed by atoms with van der Waals surface area (Å²) >= 11 is 0. The second-order valence-electron chi connectivity index (χ2n) is 13.6. The first-order chi connectivity index (χ1) is 15.5. The maximum atomic E-state index is 13.2. The van der Waals surface area contributed by atoms with Crippen molar-refractivity contribution in [3.63, 3.8) is 0 Å². The lowest BCUT2D eigenvalue weighted by molar-refractivity contribution is -0.187. The Hall–Kier alpha value is -1.26. The Labute approximate surface area is 206 Å². The van der Waals surface area contributed by atoms with Crippen LogP contribution in [-0.4, -0.2) is 33.0 Å². The molecule has 0 heterocycles. The van der Waals surface area contributed by atoms with Gasteiger partial charge in [0.05, 0.1) is 16.6 Å². The zero-order valence-corrected chi connectivity index (χ0v) is 22.7. The molecule has 2 saturated carbocycles. The van der Waals surface area contributed by atoms with Gasteiger partial charge in [-0.15, -0.1) is 0 Å². The van der Waals surface area contributed by atoms with Crippen LogP contribution in [-0.2, 0) is 9.59 Å². The average Bonchev–Trinajstić information content (AvgIpc) is 3.09. The predicted molar refractivity (Wildman–Crippen MR) is 135 cm³/mol. The van der Waals surface area contributed by atoms with Gasteiger partial charge in [-0.25, -0.2) is 0 Å². The standard InChI is InChI=1S/C30H46O4/c1-18(27(5,6)33)17-24(31)19(2)21-9-10-22-20-11-16-30(34)26(3,4)25(32)13-15-29(30,8)23(20)12-14-28(21,22)7/h17,19,21-22,33-34H,9-16H2,1-8H3/b18-17+/t19-,21-,22+,28-,29-,30-/m1/s1. The van der Waals surface area contributed by atoms with Gasteiger partial charge < -0.3 is 10.2 Å². The molecule has 2 fully saturated rings. The maximum absolute atomic E-state index is 13.2. The summed E-state index contributed by atoms with van der Waals surface area (Å²) in [7, 11) is 0. The summed E-state index contributed by atoms with van der Waals surface area (Å²) in [4.78, 5) is 26.0. The molecule has 2 N–H and O–H groups in total. The summed E-state index contributed by atoms with van der Waals surface area (Å²) in [6, 6.07) is 0. The molecule has 34 heavy (non-hydrogen) atoms. The Kier molecular flexibility index (Phi) is 5.98. The fraction of sp³-hybridized carbons (Fsp3) is 0.800. The van der Waals surface area contributed by atoms with Crippen molar-refractivity contribution in [1.29, 1.82) is 0 Å². The van der Waals surface area contributed by atoms with Gasteiger partial charge in [0.1, 0.15) is 5.78 Å². The number of hydrogen-bond donors (Lipinski definition) is 2. The van der Waals surface area contributed by atoms with Crippen molar-refractivity contribution in [3.8, 4) is 0 Å². The number of Topliss-reactive ketones (excluding diaryl/α,β-unsaturated/α-hetero) is 1. The van der Waals surface area contributed by atoms with E-state index in [0.29, 0.717) is 30.3 Å². The normalized spacial score (nSPS) is 41.0. The number of hydrogen-bond acceptors (Lipinski definition) is 4. The third kappa shape index (κ3) is 3.38. The molecule has 0 unspecified atom stereocenters. The molecule has 0 aromatic heterocycles. The highest BCUT2D eigenvalue weighted by Gasteiger charge is 2.66. The van der Waals surface area contributed by atoms with E-state index in [4.69, 9.17) is 0 Å². The number of rotatable bonds is 4. The molecule has 0 aromatic carbocycles. The molecular formula is C30H46O4.